The van der Waals surface area contributed by atoms with Crippen molar-refractivity contribution in [2.75, 3.05) is 6.54 Å². The molecule has 1 aromatic heterocycles. The highest BCUT2D eigenvalue weighted by molar-refractivity contribution is 5.31. The summed E-state index contributed by atoms with van der Waals surface area (Å²) < 4.78 is 0. The fourth-order valence-electron chi connectivity index (χ4n) is 2.21. The number of rotatable bonds is 5. The largest absolute Gasteiger partial charge is 0.310 e. The van der Waals surface area contributed by atoms with Gasteiger partial charge in [0.1, 0.15) is 6.33 Å². The predicted octanol–water partition coefficient (Wildman–Crippen LogP) is 2.99. The Kier molecular flexibility index (Phi) is 4.63. The lowest BCUT2D eigenvalue weighted by Gasteiger charge is -2.18. The number of nitrogens with zero attached hydrogens (tertiary/aromatic N) is 2. The third kappa shape index (κ3) is 3.61. The molecule has 3 nitrogen and oxygen atoms in total. The van der Waals surface area contributed by atoms with Gasteiger partial charge in [0.25, 0.3) is 0 Å². The van der Waals surface area contributed by atoms with Gasteiger partial charge in [-0.1, -0.05) is 25.1 Å². The maximum absolute atomic E-state index is 4.11. The van der Waals surface area contributed by atoms with Gasteiger partial charge in [-0.3, -0.25) is 0 Å². The van der Waals surface area contributed by atoms with Gasteiger partial charge in [-0.25, -0.2) is 9.97 Å². The molecule has 0 aliphatic heterocycles. The first kappa shape index (κ1) is 13.7. The Hall–Kier alpha value is -1.74. The summed E-state index contributed by atoms with van der Waals surface area (Å²) in [5.41, 5.74) is 5.17. The lowest BCUT2D eigenvalue weighted by atomic mass is 9.98. The normalized spacial score (nSPS) is 12.4. The van der Waals surface area contributed by atoms with Crippen LogP contribution >= 0.6 is 0 Å². The van der Waals surface area contributed by atoms with Crippen LogP contribution in [0, 0.1) is 13.8 Å². The average molecular weight is 255 g/mol. The topological polar surface area (TPSA) is 37.8 Å². The van der Waals surface area contributed by atoms with Crippen molar-refractivity contribution in [3.8, 4) is 0 Å². The van der Waals surface area contributed by atoms with Crippen molar-refractivity contribution in [2.45, 2.75) is 33.2 Å². The monoisotopic (exact) mass is 255 g/mol. The van der Waals surface area contributed by atoms with Gasteiger partial charge >= 0.3 is 0 Å². The number of hydrogen-bond donors (Lipinski definition) is 1. The van der Waals surface area contributed by atoms with Crippen molar-refractivity contribution in [2.24, 2.45) is 0 Å². The minimum absolute atomic E-state index is 0.272. The van der Waals surface area contributed by atoms with E-state index in [0.29, 0.717) is 0 Å². The number of likely N-dealkylation sites (N-methyl/N-ethyl adjacent to an activating group) is 1. The molecule has 0 radical (unpaired) electrons. The zero-order valence-electron chi connectivity index (χ0n) is 11.9. The van der Waals surface area contributed by atoms with Gasteiger partial charge in [-0.15, -0.1) is 0 Å². The van der Waals surface area contributed by atoms with Crippen LogP contribution in [0.3, 0.4) is 0 Å². The lowest BCUT2D eigenvalue weighted by molar-refractivity contribution is 0.546. The fourth-order valence-corrected chi connectivity index (χ4v) is 2.21. The highest BCUT2D eigenvalue weighted by atomic mass is 14.9. The van der Waals surface area contributed by atoms with Crippen LogP contribution in [0.5, 0.6) is 0 Å². The molecule has 100 valence electrons. The fraction of sp³-hybridized carbons (Fsp3) is 0.375. The van der Waals surface area contributed by atoms with E-state index in [-0.39, 0.29) is 6.04 Å². The molecule has 3 heteroatoms. The second kappa shape index (κ2) is 6.43. The van der Waals surface area contributed by atoms with Crippen molar-refractivity contribution < 1.29 is 0 Å². The van der Waals surface area contributed by atoms with E-state index in [1.165, 1.54) is 16.7 Å². The number of nitrogens with one attached hydrogen (secondary N) is 1. The van der Waals surface area contributed by atoms with E-state index in [0.717, 1.165) is 18.5 Å². The molecule has 1 N–H and O–H groups in total. The van der Waals surface area contributed by atoms with E-state index in [1.807, 2.05) is 12.4 Å². The highest BCUT2D eigenvalue weighted by Crippen LogP contribution is 2.19. The summed E-state index contributed by atoms with van der Waals surface area (Å²) in [6.45, 7) is 7.36. The highest BCUT2D eigenvalue weighted by Gasteiger charge is 2.12. The van der Waals surface area contributed by atoms with Crippen LogP contribution < -0.4 is 5.32 Å². The van der Waals surface area contributed by atoms with Crippen molar-refractivity contribution in [1.29, 1.82) is 0 Å². The summed E-state index contributed by atoms with van der Waals surface area (Å²) in [7, 11) is 0. The Balaban J connectivity index is 2.19. The van der Waals surface area contributed by atoms with Crippen molar-refractivity contribution in [3.63, 3.8) is 0 Å². The lowest BCUT2D eigenvalue weighted by Crippen LogP contribution is -2.23. The van der Waals surface area contributed by atoms with Crippen LogP contribution in [-0.4, -0.2) is 16.5 Å². The number of aryl methyl sites for hydroxylation is 2. The maximum Gasteiger partial charge on any atom is 0.115 e. The summed E-state index contributed by atoms with van der Waals surface area (Å²) >= 11 is 0. The molecule has 0 saturated heterocycles. The molecule has 1 heterocycles. The van der Waals surface area contributed by atoms with Crippen LogP contribution in [0.25, 0.3) is 0 Å². The van der Waals surface area contributed by atoms with Crippen LogP contribution in [0.4, 0.5) is 0 Å². The first-order valence-corrected chi connectivity index (χ1v) is 6.75. The SMILES string of the molecule is CCNC(Cc1ccc(C)c(C)c1)c1cncnc1. The van der Waals surface area contributed by atoms with Gasteiger partial charge in [0.05, 0.1) is 0 Å². The standard InChI is InChI=1S/C16H21N3/c1-4-19-16(15-9-17-11-18-10-15)8-14-6-5-12(2)13(3)7-14/h5-7,9-11,16,19H,4,8H2,1-3H3. The Bertz CT molecular complexity index is 523. The zero-order valence-corrected chi connectivity index (χ0v) is 11.9. The van der Waals surface area contributed by atoms with Crippen molar-refractivity contribution >= 4 is 0 Å². The molecule has 0 aliphatic rings. The van der Waals surface area contributed by atoms with Crippen molar-refractivity contribution in [1.82, 2.24) is 15.3 Å². The van der Waals surface area contributed by atoms with Gasteiger partial charge in [-0.2, -0.15) is 0 Å². The molecule has 0 saturated carbocycles. The van der Waals surface area contributed by atoms with E-state index >= 15 is 0 Å². The summed E-state index contributed by atoms with van der Waals surface area (Å²) in [6, 6.07) is 6.93. The molecule has 19 heavy (non-hydrogen) atoms. The van der Waals surface area contributed by atoms with E-state index in [9.17, 15) is 0 Å². The van der Waals surface area contributed by atoms with Gasteiger partial charge in [0.2, 0.25) is 0 Å². The van der Waals surface area contributed by atoms with Crippen LogP contribution in [0.2, 0.25) is 0 Å². The number of aromatic nitrogens is 2. The third-order valence-corrected chi connectivity index (χ3v) is 3.44. The molecule has 0 bridgehead atoms. The molecule has 0 aliphatic carbocycles. The van der Waals surface area contributed by atoms with Crippen LogP contribution in [0.1, 0.15) is 35.2 Å². The molecule has 0 spiro atoms. The van der Waals surface area contributed by atoms with Gasteiger partial charge in [0, 0.05) is 24.0 Å². The number of benzene rings is 1. The van der Waals surface area contributed by atoms with Crippen LogP contribution in [-0.2, 0) is 6.42 Å². The predicted molar refractivity (Wildman–Crippen MR) is 78.1 cm³/mol. The van der Waals surface area contributed by atoms with Gasteiger partial charge in [-0.05, 0) is 43.5 Å². The zero-order chi connectivity index (χ0) is 13.7. The third-order valence-electron chi connectivity index (χ3n) is 3.44. The molecular formula is C16H21N3. The molecule has 1 aromatic carbocycles. The second-order valence-corrected chi connectivity index (χ2v) is 4.90. The van der Waals surface area contributed by atoms with E-state index < -0.39 is 0 Å². The Morgan fingerprint density at radius 3 is 2.47 bits per heavy atom. The molecule has 1 unspecified atom stereocenters. The maximum atomic E-state index is 4.11. The van der Waals surface area contributed by atoms with E-state index in [1.54, 1.807) is 6.33 Å². The molecule has 0 fully saturated rings. The van der Waals surface area contributed by atoms with Gasteiger partial charge in [0.15, 0.2) is 0 Å². The molecular weight excluding hydrogens is 234 g/mol. The first-order chi connectivity index (χ1) is 9.20. The molecule has 2 aromatic rings. The summed E-state index contributed by atoms with van der Waals surface area (Å²) in [5, 5.41) is 3.50. The molecule has 1 atom stereocenters. The summed E-state index contributed by atoms with van der Waals surface area (Å²) in [5.74, 6) is 0. The molecule has 0 amide bonds. The quantitative estimate of drug-likeness (QED) is 0.892. The summed E-state index contributed by atoms with van der Waals surface area (Å²) in [4.78, 5) is 8.22. The Morgan fingerprint density at radius 2 is 1.84 bits per heavy atom. The number of hydrogen-bond acceptors (Lipinski definition) is 3. The van der Waals surface area contributed by atoms with E-state index in [2.05, 4.69) is 54.3 Å². The van der Waals surface area contributed by atoms with Crippen molar-refractivity contribution in [3.05, 3.63) is 59.2 Å². The van der Waals surface area contributed by atoms with Gasteiger partial charge < -0.3 is 5.32 Å². The molecule has 2 rings (SSSR count). The first-order valence-electron chi connectivity index (χ1n) is 6.75. The minimum atomic E-state index is 0.272. The minimum Gasteiger partial charge on any atom is -0.310 e. The summed E-state index contributed by atoms with van der Waals surface area (Å²) in [6.07, 6.45) is 6.31. The second-order valence-electron chi connectivity index (χ2n) is 4.90. The Morgan fingerprint density at radius 1 is 1.11 bits per heavy atom. The smallest absolute Gasteiger partial charge is 0.115 e. The average Bonchev–Trinajstić information content (AvgIpc) is 2.43. The Labute approximate surface area is 115 Å². The van der Waals surface area contributed by atoms with E-state index in [4.69, 9.17) is 0 Å². The van der Waals surface area contributed by atoms with Crippen LogP contribution in [0.15, 0.2) is 36.9 Å².